The maximum atomic E-state index is 13.6. The maximum absolute atomic E-state index is 13.6. The number of fused-ring (bicyclic) bond motifs is 1. The van der Waals surface area contributed by atoms with Crippen LogP contribution in [0.15, 0.2) is 42.5 Å². The number of nitrogens with one attached hydrogen (secondary N) is 2. The first-order valence-electron chi connectivity index (χ1n) is 7.92. The molecule has 0 saturated carbocycles. The van der Waals surface area contributed by atoms with E-state index >= 15 is 0 Å². The third-order valence-electron chi connectivity index (χ3n) is 4.19. The summed E-state index contributed by atoms with van der Waals surface area (Å²) in [6.07, 6.45) is -1.34. The summed E-state index contributed by atoms with van der Waals surface area (Å²) < 4.78 is 27.3. The number of halogens is 2. The van der Waals surface area contributed by atoms with Crippen molar-refractivity contribution in [2.75, 3.05) is 6.54 Å². The van der Waals surface area contributed by atoms with Crippen LogP contribution in [0.4, 0.5) is 8.78 Å². The number of carbonyl (C=O) groups excluding carboxylic acids is 1. The molecule has 1 amide bonds. The molecule has 25 heavy (non-hydrogen) atoms. The topological polar surface area (TPSA) is 65.1 Å². The molecule has 1 heterocycles. The molecule has 3 aromatic rings. The fraction of sp³-hybridized carbons (Fsp3) is 0.211. The average molecular weight is 344 g/mol. The highest BCUT2D eigenvalue weighted by atomic mass is 19.1. The van der Waals surface area contributed by atoms with Gasteiger partial charge < -0.3 is 15.4 Å². The number of rotatable bonds is 5. The van der Waals surface area contributed by atoms with E-state index in [1.54, 1.807) is 0 Å². The molecule has 0 saturated heterocycles. The molecule has 0 aliphatic rings. The monoisotopic (exact) mass is 344 g/mol. The highest BCUT2D eigenvalue weighted by molar-refractivity contribution is 5.90. The van der Waals surface area contributed by atoms with Crippen LogP contribution in [-0.4, -0.2) is 22.5 Å². The van der Waals surface area contributed by atoms with Gasteiger partial charge in [-0.2, -0.15) is 0 Å². The number of para-hydroxylation sites is 1. The Morgan fingerprint density at radius 2 is 1.84 bits per heavy atom. The van der Waals surface area contributed by atoms with Gasteiger partial charge in [0.1, 0.15) is 17.7 Å². The Kier molecular flexibility index (Phi) is 4.81. The van der Waals surface area contributed by atoms with E-state index in [-0.39, 0.29) is 18.9 Å². The largest absolute Gasteiger partial charge is 0.386 e. The zero-order chi connectivity index (χ0) is 18.0. The Morgan fingerprint density at radius 1 is 1.16 bits per heavy atom. The second kappa shape index (κ2) is 7.03. The number of aryl methyl sites for hydroxylation is 1. The van der Waals surface area contributed by atoms with Crippen molar-refractivity contribution in [3.63, 3.8) is 0 Å². The number of hydrogen-bond acceptors (Lipinski definition) is 2. The predicted molar refractivity (Wildman–Crippen MR) is 91.1 cm³/mol. The Labute approximate surface area is 143 Å². The van der Waals surface area contributed by atoms with Crippen LogP contribution in [0.25, 0.3) is 10.9 Å². The van der Waals surface area contributed by atoms with E-state index in [4.69, 9.17) is 0 Å². The van der Waals surface area contributed by atoms with Crippen molar-refractivity contribution >= 4 is 16.8 Å². The third-order valence-corrected chi connectivity index (χ3v) is 4.19. The molecular formula is C19H18F2N2O2. The summed E-state index contributed by atoms with van der Waals surface area (Å²) in [5.74, 6) is -2.01. The molecule has 0 radical (unpaired) electrons. The number of aromatic amines is 1. The van der Waals surface area contributed by atoms with Crippen molar-refractivity contribution in [1.82, 2.24) is 10.3 Å². The molecule has 6 heteroatoms. The van der Waals surface area contributed by atoms with Crippen LogP contribution in [0.2, 0.25) is 0 Å². The van der Waals surface area contributed by atoms with E-state index in [1.807, 2.05) is 31.2 Å². The first-order valence-corrected chi connectivity index (χ1v) is 7.92. The van der Waals surface area contributed by atoms with Crippen LogP contribution in [-0.2, 0) is 11.2 Å². The van der Waals surface area contributed by atoms with Gasteiger partial charge in [-0.15, -0.1) is 0 Å². The first kappa shape index (κ1) is 17.1. The van der Waals surface area contributed by atoms with E-state index < -0.39 is 23.3 Å². The van der Waals surface area contributed by atoms with Gasteiger partial charge in [-0.1, -0.05) is 24.3 Å². The second-order valence-corrected chi connectivity index (χ2v) is 5.91. The van der Waals surface area contributed by atoms with Gasteiger partial charge in [0.15, 0.2) is 0 Å². The van der Waals surface area contributed by atoms with E-state index in [2.05, 4.69) is 10.3 Å². The van der Waals surface area contributed by atoms with Gasteiger partial charge in [0.05, 0.1) is 12.0 Å². The van der Waals surface area contributed by atoms with Crippen LogP contribution < -0.4 is 5.32 Å². The lowest BCUT2D eigenvalue weighted by Gasteiger charge is -2.14. The lowest BCUT2D eigenvalue weighted by Crippen LogP contribution is -2.30. The number of aliphatic hydroxyl groups is 1. The van der Waals surface area contributed by atoms with Crippen LogP contribution in [0.1, 0.15) is 22.9 Å². The maximum Gasteiger partial charge on any atom is 0.224 e. The minimum atomic E-state index is -1.45. The lowest BCUT2D eigenvalue weighted by atomic mass is 10.1. The SMILES string of the molecule is Cc1[nH]c2ccccc2c1CC(=O)NCC(O)c1c(F)cccc1F. The van der Waals surface area contributed by atoms with Crippen molar-refractivity contribution in [2.45, 2.75) is 19.4 Å². The fourth-order valence-electron chi connectivity index (χ4n) is 2.93. The van der Waals surface area contributed by atoms with Crippen LogP contribution in [0, 0.1) is 18.6 Å². The predicted octanol–water partition coefficient (Wildman–Crippen LogP) is 3.15. The highest BCUT2D eigenvalue weighted by Gasteiger charge is 2.19. The van der Waals surface area contributed by atoms with Crippen molar-refractivity contribution in [3.8, 4) is 0 Å². The Morgan fingerprint density at radius 3 is 2.56 bits per heavy atom. The van der Waals surface area contributed by atoms with E-state index in [0.717, 1.165) is 34.3 Å². The molecule has 0 spiro atoms. The molecule has 3 rings (SSSR count). The van der Waals surface area contributed by atoms with Gasteiger partial charge in [0.2, 0.25) is 5.91 Å². The van der Waals surface area contributed by atoms with Gasteiger partial charge in [-0.25, -0.2) is 8.78 Å². The van der Waals surface area contributed by atoms with Crippen LogP contribution in [0.3, 0.4) is 0 Å². The summed E-state index contributed by atoms with van der Waals surface area (Å²) in [6.45, 7) is 1.62. The zero-order valence-electron chi connectivity index (χ0n) is 13.6. The molecule has 1 atom stereocenters. The first-order chi connectivity index (χ1) is 12.0. The van der Waals surface area contributed by atoms with Crippen LogP contribution in [0.5, 0.6) is 0 Å². The average Bonchev–Trinajstić information content (AvgIpc) is 2.88. The molecule has 0 fully saturated rings. The van der Waals surface area contributed by atoms with Gasteiger partial charge in [0, 0.05) is 23.1 Å². The van der Waals surface area contributed by atoms with Gasteiger partial charge in [-0.05, 0) is 30.7 Å². The summed E-state index contributed by atoms with van der Waals surface area (Å²) in [5.41, 5.74) is 2.25. The van der Waals surface area contributed by atoms with Crippen molar-refractivity contribution in [3.05, 3.63) is 70.9 Å². The van der Waals surface area contributed by atoms with Crippen molar-refractivity contribution in [2.24, 2.45) is 0 Å². The number of hydrogen-bond donors (Lipinski definition) is 3. The Hall–Kier alpha value is -2.73. The summed E-state index contributed by atoms with van der Waals surface area (Å²) >= 11 is 0. The van der Waals surface area contributed by atoms with E-state index in [0.29, 0.717) is 0 Å². The molecule has 3 N–H and O–H groups in total. The van der Waals surface area contributed by atoms with E-state index in [9.17, 15) is 18.7 Å². The number of H-pyrrole nitrogens is 1. The standard InChI is InChI=1S/C19H18F2N2O2/c1-11-13(12-5-2-3-8-16(12)23-11)9-18(25)22-10-17(24)19-14(20)6-4-7-15(19)21/h2-8,17,23-24H,9-10H2,1H3,(H,22,25). The van der Waals surface area contributed by atoms with Crippen molar-refractivity contribution in [1.29, 1.82) is 0 Å². The summed E-state index contributed by atoms with van der Waals surface area (Å²) in [5, 5.41) is 13.5. The van der Waals surface area contributed by atoms with Gasteiger partial charge in [-0.3, -0.25) is 4.79 Å². The summed E-state index contributed by atoms with van der Waals surface area (Å²) in [7, 11) is 0. The number of aliphatic hydroxyl groups excluding tert-OH is 1. The molecule has 0 bridgehead atoms. The fourth-order valence-corrected chi connectivity index (χ4v) is 2.93. The molecule has 4 nitrogen and oxygen atoms in total. The Bertz CT molecular complexity index is 901. The zero-order valence-corrected chi connectivity index (χ0v) is 13.6. The molecular weight excluding hydrogens is 326 g/mol. The highest BCUT2D eigenvalue weighted by Crippen LogP contribution is 2.23. The quantitative estimate of drug-likeness (QED) is 0.666. The Balaban J connectivity index is 1.68. The summed E-state index contributed by atoms with van der Waals surface area (Å²) in [6, 6.07) is 11.0. The number of aromatic nitrogens is 1. The smallest absolute Gasteiger partial charge is 0.224 e. The van der Waals surface area contributed by atoms with Crippen molar-refractivity contribution < 1.29 is 18.7 Å². The van der Waals surface area contributed by atoms with Gasteiger partial charge >= 0.3 is 0 Å². The normalized spacial score (nSPS) is 12.3. The molecule has 1 unspecified atom stereocenters. The number of benzene rings is 2. The molecule has 0 aliphatic heterocycles. The number of amides is 1. The van der Waals surface area contributed by atoms with Gasteiger partial charge in [0.25, 0.3) is 0 Å². The second-order valence-electron chi connectivity index (χ2n) is 5.91. The molecule has 130 valence electrons. The molecule has 1 aromatic heterocycles. The molecule has 0 aliphatic carbocycles. The minimum absolute atomic E-state index is 0.113. The van der Waals surface area contributed by atoms with Crippen LogP contribution >= 0.6 is 0 Å². The third kappa shape index (κ3) is 3.53. The lowest BCUT2D eigenvalue weighted by molar-refractivity contribution is -0.120. The molecule has 2 aromatic carbocycles. The minimum Gasteiger partial charge on any atom is -0.386 e. The van der Waals surface area contributed by atoms with E-state index in [1.165, 1.54) is 6.07 Å². The number of carbonyl (C=O) groups is 1. The summed E-state index contributed by atoms with van der Waals surface area (Å²) in [4.78, 5) is 15.4.